The minimum absolute atomic E-state index is 0.284. The fraction of sp³-hybridized carbons (Fsp3) is 0.0870. The lowest BCUT2D eigenvalue weighted by molar-refractivity contribution is 0.102. The fourth-order valence-electron chi connectivity index (χ4n) is 3.51. The van der Waals surface area contributed by atoms with Gasteiger partial charge in [0, 0.05) is 23.5 Å². The second-order valence-electron chi connectivity index (χ2n) is 7.43. The van der Waals surface area contributed by atoms with E-state index >= 15 is 0 Å². The maximum absolute atomic E-state index is 13.1. The Bertz CT molecular complexity index is 1470. The van der Waals surface area contributed by atoms with E-state index in [1.807, 2.05) is 44.2 Å². The van der Waals surface area contributed by atoms with Gasteiger partial charge >= 0.3 is 0 Å². The van der Waals surface area contributed by atoms with Crippen LogP contribution in [0.15, 0.2) is 53.2 Å². The Morgan fingerprint density at radius 3 is 2.50 bits per heavy atom. The number of H-pyrrole nitrogens is 1. The van der Waals surface area contributed by atoms with Gasteiger partial charge in [-0.25, -0.2) is 4.98 Å². The van der Waals surface area contributed by atoms with E-state index in [9.17, 15) is 4.79 Å². The number of hydrogen-bond acceptors (Lipinski definition) is 5. The molecule has 0 spiro atoms. The minimum atomic E-state index is -0.284. The highest BCUT2D eigenvalue weighted by atomic mass is 35.5. The van der Waals surface area contributed by atoms with Crippen molar-refractivity contribution >= 4 is 68.4 Å². The number of pyridine rings is 1. The first kappa shape index (κ1) is 20.4. The van der Waals surface area contributed by atoms with Crippen LogP contribution in [0.1, 0.15) is 21.7 Å². The van der Waals surface area contributed by atoms with Crippen molar-refractivity contribution in [2.75, 3.05) is 10.6 Å². The van der Waals surface area contributed by atoms with Crippen LogP contribution in [0.3, 0.4) is 0 Å². The predicted octanol–water partition coefficient (Wildman–Crippen LogP) is 6.62. The van der Waals surface area contributed by atoms with Gasteiger partial charge < -0.3 is 20.0 Å². The number of furan rings is 1. The summed E-state index contributed by atoms with van der Waals surface area (Å²) in [5.41, 5.74) is 4.49. The average Bonchev–Trinajstić information content (AvgIpc) is 3.34. The highest BCUT2D eigenvalue weighted by molar-refractivity contribution is 6.39. The number of benzene rings is 2. The van der Waals surface area contributed by atoms with Gasteiger partial charge in [0.15, 0.2) is 0 Å². The summed E-state index contributed by atoms with van der Waals surface area (Å²) in [5.74, 6) is 0.820. The molecule has 0 fully saturated rings. The lowest BCUT2D eigenvalue weighted by Gasteiger charge is -2.06. The summed E-state index contributed by atoms with van der Waals surface area (Å²) < 4.78 is 5.87. The second-order valence-corrected chi connectivity index (χ2v) is 8.24. The normalized spacial score (nSPS) is 11.2. The number of nitrogens with one attached hydrogen (secondary N) is 3. The lowest BCUT2D eigenvalue weighted by atomic mass is 10.1. The quantitative estimate of drug-likeness (QED) is 0.277. The van der Waals surface area contributed by atoms with E-state index in [0.29, 0.717) is 49.8 Å². The molecule has 7 nitrogen and oxygen atoms in total. The van der Waals surface area contributed by atoms with Gasteiger partial charge in [0.1, 0.15) is 11.3 Å². The van der Waals surface area contributed by atoms with E-state index in [4.69, 9.17) is 27.6 Å². The summed E-state index contributed by atoms with van der Waals surface area (Å²) in [5, 5.41) is 7.49. The Morgan fingerprint density at radius 2 is 1.78 bits per heavy atom. The molecule has 0 saturated carbocycles. The van der Waals surface area contributed by atoms with Crippen LogP contribution in [-0.2, 0) is 0 Å². The van der Waals surface area contributed by atoms with Crippen molar-refractivity contribution in [2.45, 2.75) is 13.8 Å². The number of rotatable bonds is 4. The van der Waals surface area contributed by atoms with Gasteiger partial charge in [-0.1, -0.05) is 40.9 Å². The molecule has 32 heavy (non-hydrogen) atoms. The van der Waals surface area contributed by atoms with E-state index in [-0.39, 0.29) is 5.91 Å². The minimum Gasteiger partial charge on any atom is -0.460 e. The first-order valence-corrected chi connectivity index (χ1v) is 10.5. The molecular weight excluding hydrogens is 449 g/mol. The number of aromatic amines is 1. The molecule has 0 aliphatic carbocycles. The summed E-state index contributed by atoms with van der Waals surface area (Å²) in [7, 11) is 0. The summed E-state index contributed by atoms with van der Waals surface area (Å²) in [6.07, 6.45) is 2.98. The largest absolute Gasteiger partial charge is 0.460 e. The van der Waals surface area contributed by atoms with Crippen LogP contribution in [0, 0.1) is 13.8 Å². The molecule has 0 unspecified atom stereocenters. The van der Waals surface area contributed by atoms with Gasteiger partial charge in [-0.05, 0) is 38.1 Å². The van der Waals surface area contributed by atoms with Crippen LogP contribution < -0.4 is 10.6 Å². The highest BCUT2D eigenvalue weighted by Gasteiger charge is 2.20. The van der Waals surface area contributed by atoms with E-state index in [0.717, 1.165) is 16.5 Å². The molecule has 5 aromatic rings. The van der Waals surface area contributed by atoms with Crippen molar-refractivity contribution in [3.63, 3.8) is 0 Å². The summed E-state index contributed by atoms with van der Waals surface area (Å²) in [6, 6.07) is 11.2. The summed E-state index contributed by atoms with van der Waals surface area (Å²) >= 11 is 12.4. The predicted molar refractivity (Wildman–Crippen MR) is 127 cm³/mol. The second kappa shape index (κ2) is 7.85. The number of imidazole rings is 1. The standard InChI is InChI=1S/C23H17Cl2N5O2/c1-11-3-5-13(6-4-11)27-22(31)15-8-18-19(14-7-12(2)32-21(14)15)29-23(28-18)30-20-16(24)9-26-10-17(20)25/h3-10H,1-2H3,(H,27,31)(H2,26,28,29,30). The Morgan fingerprint density at radius 1 is 1.06 bits per heavy atom. The highest BCUT2D eigenvalue weighted by Crippen LogP contribution is 2.34. The number of aromatic nitrogens is 3. The van der Waals surface area contributed by atoms with Crippen LogP contribution in [0.5, 0.6) is 0 Å². The molecule has 5 rings (SSSR count). The smallest absolute Gasteiger partial charge is 0.259 e. The van der Waals surface area contributed by atoms with Crippen molar-refractivity contribution in [1.29, 1.82) is 0 Å². The van der Waals surface area contributed by atoms with Gasteiger partial charge in [0.25, 0.3) is 5.91 Å². The maximum atomic E-state index is 13.1. The average molecular weight is 466 g/mol. The first-order chi connectivity index (χ1) is 15.4. The van der Waals surface area contributed by atoms with E-state index in [1.165, 1.54) is 12.4 Å². The lowest BCUT2D eigenvalue weighted by Crippen LogP contribution is -2.12. The summed E-state index contributed by atoms with van der Waals surface area (Å²) in [6.45, 7) is 3.82. The number of halogens is 2. The molecular formula is C23H17Cl2N5O2. The zero-order chi connectivity index (χ0) is 22.4. The molecule has 160 valence electrons. The zero-order valence-corrected chi connectivity index (χ0v) is 18.6. The fourth-order valence-corrected chi connectivity index (χ4v) is 3.97. The number of hydrogen-bond donors (Lipinski definition) is 3. The maximum Gasteiger partial charge on any atom is 0.259 e. The molecule has 0 aliphatic heterocycles. The van der Waals surface area contributed by atoms with Gasteiger partial charge in [-0.15, -0.1) is 0 Å². The van der Waals surface area contributed by atoms with Gasteiger partial charge in [-0.2, -0.15) is 0 Å². The molecule has 0 radical (unpaired) electrons. The Hall–Kier alpha value is -3.55. The molecule has 3 aromatic heterocycles. The van der Waals surface area contributed by atoms with Crippen molar-refractivity contribution in [1.82, 2.24) is 15.0 Å². The SMILES string of the molecule is Cc1ccc(NC(=O)c2cc3nc(Nc4c(Cl)cncc4Cl)[nH]c3c3cc(C)oc23)cc1. The number of aryl methyl sites for hydroxylation is 2. The molecule has 0 aliphatic rings. The molecule has 0 atom stereocenters. The Labute approximate surface area is 192 Å². The topological polar surface area (TPSA) is 95.8 Å². The van der Waals surface area contributed by atoms with Crippen LogP contribution in [0.25, 0.3) is 22.0 Å². The molecule has 3 heterocycles. The van der Waals surface area contributed by atoms with E-state index in [1.54, 1.807) is 6.07 Å². The van der Waals surface area contributed by atoms with E-state index in [2.05, 4.69) is 25.6 Å². The van der Waals surface area contributed by atoms with Gasteiger partial charge in [0.2, 0.25) is 5.95 Å². The molecule has 0 saturated heterocycles. The van der Waals surface area contributed by atoms with Crippen LogP contribution in [0.2, 0.25) is 10.0 Å². The third kappa shape index (κ3) is 3.66. The number of fused-ring (bicyclic) bond motifs is 3. The van der Waals surface area contributed by atoms with Gasteiger partial charge in [0.05, 0.1) is 32.3 Å². The first-order valence-electron chi connectivity index (χ1n) is 9.76. The number of anilines is 3. The van der Waals surface area contributed by atoms with Crippen molar-refractivity contribution < 1.29 is 9.21 Å². The van der Waals surface area contributed by atoms with Crippen LogP contribution in [0.4, 0.5) is 17.3 Å². The Balaban J connectivity index is 1.58. The molecule has 3 N–H and O–H groups in total. The molecule has 2 aromatic carbocycles. The zero-order valence-electron chi connectivity index (χ0n) is 17.1. The molecule has 1 amide bonds. The van der Waals surface area contributed by atoms with E-state index < -0.39 is 0 Å². The van der Waals surface area contributed by atoms with Crippen molar-refractivity contribution in [2.24, 2.45) is 0 Å². The Kier molecular flexibility index (Phi) is 5.00. The number of carbonyl (C=O) groups excluding carboxylic acids is 1. The van der Waals surface area contributed by atoms with Crippen molar-refractivity contribution in [3.8, 4) is 0 Å². The van der Waals surface area contributed by atoms with Crippen LogP contribution >= 0.6 is 23.2 Å². The number of carbonyl (C=O) groups is 1. The third-order valence-electron chi connectivity index (χ3n) is 5.03. The number of amides is 1. The number of nitrogens with zero attached hydrogens (tertiary/aromatic N) is 2. The third-order valence-corrected chi connectivity index (χ3v) is 5.61. The molecule has 9 heteroatoms. The van der Waals surface area contributed by atoms with Crippen molar-refractivity contribution in [3.05, 3.63) is 75.7 Å². The van der Waals surface area contributed by atoms with Gasteiger partial charge in [-0.3, -0.25) is 9.78 Å². The molecule has 0 bridgehead atoms. The summed E-state index contributed by atoms with van der Waals surface area (Å²) in [4.78, 5) is 24.8. The van der Waals surface area contributed by atoms with Crippen LogP contribution in [-0.4, -0.2) is 20.9 Å². The monoisotopic (exact) mass is 465 g/mol.